The molecule has 15 heavy (non-hydrogen) atoms. The van der Waals surface area contributed by atoms with Gasteiger partial charge in [0.15, 0.2) is 5.82 Å². The van der Waals surface area contributed by atoms with E-state index in [0.717, 1.165) is 6.42 Å². The van der Waals surface area contributed by atoms with Crippen LogP contribution in [0.5, 0.6) is 0 Å². The highest BCUT2D eigenvalue weighted by Crippen LogP contribution is 2.26. The molecular formula is C10H11BrFNO2. The van der Waals surface area contributed by atoms with Crippen LogP contribution in [0.4, 0.5) is 10.1 Å². The van der Waals surface area contributed by atoms with E-state index in [4.69, 9.17) is 5.11 Å². The summed E-state index contributed by atoms with van der Waals surface area (Å²) in [4.78, 5) is 10.7. The van der Waals surface area contributed by atoms with Crippen molar-refractivity contribution in [1.82, 2.24) is 0 Å². The molecule has 0 aliphatic rings. The average Bonchev–Trinajstić information content (AvgIpc) is 2.20. The van der Waals surface area contributed by atoms with Crippen molar-refractivity contribution in [2.75, 3.05) is 11.9 Å². The Kier molecular flexibility index (Phi) is 4.08. The lowest BCUT2D eigenvalue weighted by atomic mass is 10.2. The van der Waals surface area contributed by atoms with E-state index in [0.29, 0.717) is 12.2 Å². The van der Waals surface area contributed by atoms with Crippen molar-refractivity contribution >= 4 is 27.6 Å². The van der Waals surface area contributed by atoms with Crippen LogP contribution in [0.15, 0.2) is 16.6 Å². The minimum absolute atomic E-state index is 0.0175. The Hall–Kier alpha value is -1.10. The third kappa shape index (κ3) is 2.68. The van der Waals surface area contributed by atoms with Crippen molar-refractivity contribution in [3.8, 4) is 0 Å². The Labute approximate surface area is 95.4 Å². The van der Waals surface area contributed by atoms with Crippen LogP contribution in [0, 0.1) is 5.82 Å². The molecule has 0 saturated carbocycles. The summed E-state index contributed by atoms with van der Waals surface area (Å²) in [6, 6.07) is 2.80. The first-order valence-electron chi connectivity index (χ1n) is 4.53. The molecule has 0 aliphatic heterocycles. The molecular weight excluding hydrogens is 265 g/mol. The lowest BCUT2D eigenvalue weighted by molar-refractivity contribution is 0.0695. The number of hydrogen-bond donors (Lipinski definition) is 2. The molecule has 0 fully saturated rings. The van der Waals surface area contributed by atoms with Gasteiger partial charge in [0.2, 0.25) is 0 Å². The van der Waals surface area contributed by atoms with Crippen molar-refractivity contribution in [3.63, 3.8) is 0 Å². The van der Waals surface area contributed by atoms with Gasteiger partial charge in [-0.25, -0.2) is 9.18 Å². The molecule has 0 radical (unpaired) electrons. The number of benzene rings is 1. The van der Waals surface area contributed by atoms with Crippen molar-refractivity contribution in [2.45, 2.75) is 13.3 Å². The van der Waals surface area contributed by atoms with Crippen LogP contribution in [0.2, 0.25) is 0 Å². The van der Waals surface area contributed by atoms with Crippen LogP contribution in [0.1, 0.15) is 23.7 Å². The van der Waals surface area contributed by atoms with E-state index in [1.165, 1.54) is 12.1 Å². The molecule has 2 N–H and O–H groups in total. The topological polar surface area (TPSA) is 49.3 Å². The van der Waals surface area contributed by atoms with Gasteiger partial charge in [-0.3, -0.25) is 0 Å². The number of rotatable bonds is 4. The molecule has 0 aromatic heterocycles. The zero-order valence-corrected chi connectivity index (χ0v) is 9.77. The van der Waals surface area contributed by atoms with E-state index in [1.54, 1.807) is 0 Å². The first-order valence-corrected chi connectivity index (χ1v) is 5.32. The second-order valence-electron chi connectivity index (χ2n) is 3.02. The SMILES string of the molecule is CCCNc1ccc(C(=O)O)c(Br)c1F. The molecule has 0 bridgehead atoms. The smallest absolute Gasteiger partial charge is 0.336 e. The minimum Gasteiger partial charge on any atom is -0.478 e. The number of nitrogens with one attached hydrogen (secondary N) is 1. The van der Waals surface area contributed by atoms with Gasteiger partial charge in [0.1, 0.15) is 0 Å². The molecule has 0 spiro atoms. The van der Waals surface area contributed by atoms with Crippen LogP contribution in [-0.4, -0.2) is 17.6 Å². The number of carbonyl (C=O) groups is 1. The highest BCUT2D eigenvalue weighted by Gasteiger charge is 2.15. The van der Waals surface area contributed by atoms with Crippen LogP contribution >= 0.6 is 15.9 Å². The Morgan fingerprint density at radius 1 is 1.60 bits per heavy atom. The fourth-order valence-electron chi connectivity index (χ4n) is 1.11. The van der Waals surface area contributed by atoms with Gasteiger partial charge in [-0.1, -0.05) is 6.92 Å². The molecule has 5 heteroatoms. The Morgan fingerprint density at radius 3 is 2.80 bits per heavy atom. The van der Waals surface area contributed by atoms with Gasteiger partial charge in [-0.15, -0.1) is 0 Å². The fraction of sp³-hybridized carbons (Fsp3) is 0.300. The summed E-state index contributed by atoms with van der Waals surface area (Å²) in [6.07, 6.45) is 0.873. The maximum atomic E-state index is 13.6. The van der Waals surface area contributed by atoms with Gasteiger partial charge < -0.3 is 10.4 Å². The van der Waals surface area contributed by atoms with E-state index < -0.39 is 11.8 Å². The minimum atomic E-state index is -1.15. The molecule has 0 unspecified atom stereocenters. The molecule has 0 saturated heterocycles. The highest BCUT2D eigenvalue weighted by molar-refractivity contribution is 9.10. The average molecular weight is 276 g/mol. The maximum Gasteiger partial charge on any atom is 0.336 e. The normalized spacial score (nSPS) is 10.1. The number of carboxylic acid groups (broad SMARTS) is 1. The molecule has 3 nitrogen and oxygen atoms in total. The fourth-order valence-corrected chi connectivity index (χ4v) is 1.63. The Bertz CT molecular complexity index is 382. The summed E-state index contributed by atoms with van der Waals surface area (Å²) in [5, 5.41) is 11.6. The van der Waals surface area contributed by atoms with Crippen molar-refractivity contribution in [1.29, 1.82) is 0 Å². The number of halogens is 2. The monoisotopic (exact) mass is 275 g/mol. The summed E-state index contributed by atoms with van der Waals surface area (Å²) in [7, 11) is 0. The van der Waals surface area contributed by atoms with Gasteiger partial charge >= 0.3 is 5.97 Å². The number of carboxylic acids is 1. The number of anilines is 1. The van der Waals surface area contributed by atoms with Gasteiger partial charge in [-0.05, 0) is 34.5 Å². The van der Waals surface area contributed by atoms with Crippen LogP contribution in [0.3, 0.4) is 0 Å². The lowest BCUT2D eigenvalue weighted by Gasteiger charge is -2.08. The van der Waals surface area contributed by atoms with Gasteiger partial charge in [0.25, 0.3) is 0 Å². The maximum absolute atomic E-state index is 13.6. The predicted molar refractivity (Wildman–Crippen MR) is 59.8 cm³/mol. The third-order valence-corrected chi connectivity index (χ3v) is 2.65. The van der Waals surface area contributed by atoms with Gasteiger partial charge in [0, 0.05) is 6.54 Å². The largest absolute Gasteiger partial charge is 0.478 e. The molecule has 1 aromatic rings. The summed E-state index contributed by atoms with van der Waals surface area (Å²) in [6.45, 7) is 2.61. The Morgan fingerprint density at radius 2 is 2.27 bits per heavy atom. The van der Waals surface area contributed by atoms with Crippen molar-refractivity contribution < 1.29 is 14.3 Å². The zero-order chi connectivity index (χ0) is 11.4. The van der Waals surface area contributed by atoms with Gasteiger partial charge in [-0.2, -0.15) is 0 Å². The lowest BCUT2D eigenvalue weighted by Crippen LogP contribution is -2.05. The van der Waals surface area contributed by atoms with Crippen LogP contribution < -0.4 is 5.32 Å². The van der Waals surface area contributed by atoms with E-state index in [9.17, 15) is 9.18 Å². The quantitative estimate of drug-likeness (QED) is 0.888. The van der Waals surface area contributed by atoms with Gasteiger partial charge in [0.05, 0.1) is 15.7 Å². The first kappa shape index (κ1) is 12.0. The number of aromatic carboxylic acids is 1. The molecule has 0 atom stereocenters. The molecule has 0 aliphatic carbocycles. The summed E-state index contributed by atoms with van der Waals surface area (Å²) < 4.78 is 13.6. The standard InChI is InChI=1S/C10H11BrFNO2/c1-2-5-13-7-4-3-6(10(14)15)8(11)9(7)12/h3-4,13H,2,5H2,1H3,(H,14,15). The molecule has 1 rings (SSSR count). The van der Waals surface area contributed by atoms with E-state index >= 15 is 0 Å². The third-order valence-electron chi connectivity index (χ3n) is 1.88. The summed E-state index contributed by atoms with van der Waals surface area (Å²) in [5.74, 6) is -1.72. The summed E-state index contributed by atoms with van der Waals surface area (Å²) in [5.41, 5.74) is 0.239. The molecule has 0 amide bonds. The van der Waals surface area contributed by atoms with E-state index in [2.05, 4.69) is 21.2 Å². The predicted octanol–water partition coefficient (Wildman–Crippen LogP) is 3.11. The van der Waals surface area contributed by atoms with Crippen LogP contribution in [-0.2, 0) is 0 Å². The highest BCUT2D eigenvalue weighted by atomic mass is 79.9. The molecule has 82 valence electrons. The van der Waals surface area contributed by atoms with Crippen molar-refractivity contribution in [2.24, 2.45) is 0 Å². The van der Waals surface area contributed by atoms with Crippen LogP contribution in [0.25, 0.3) is 0 Å². The second kappa shape index (κ2) is 5.11. The first-order chi connectivity index (χ1) is 7.07. The molecule has 1 aromatic carbocycles. The molecule has 0 heterocycles. The van der Waals surface area contributed by atoms with E-state index in [1.807, 2.05) is 6.92 Å². The Balaban J connectivity index is 3.04. The van der Waals surface area contributed by atoms with Crippen molar-refractivity contribution in [3.05, 3.63) is 28.0 Å². The number of hydrogen-bond acceptors (Lipinski definition) is 2. The van der Waals surface area contributed by atoms with E-state index in [-0.39, 0.29) is 10.0 Å². The summed E-state index contributed by atoms with van der Waals surface area (Å²) >= 11 is 2.93. The zero-order valence-electron chi connectivity index (χ0n) is 8.18. The second-order valence-corrected chi connectivity index (χ2v) is 3.81.